The Labute approximate surface area is 126 Å². The van der Waals surface area contributed by atoms with Crippen molar-refractivity contribution in [2.75, 3.05) is 26.2 Å². The number of benzene rings is 1. The number of aryl methyl sites for hydroxylation is 1. The first-order valence-corrected chi connectivity index (χ1v) is 7.75. The van der Waals surface area contributed by atoms with Gasteiger partial charge in [-0.1, -0.05) is 29.8 Å². The van der Waals surface area contributed by atoms with Crippen LogP contribution in [0, 0.1) is 12.8 Å². The lowest BCUT2D eigenvalue weighted by Crippen LogP contribution is -2.56. The van der Waals surface area contributed by atoms with E-state index in [1.807, 2.05) is 4.90 Å². The first kappa shape index (κ1) is 14.5. The topological polar surface area (TPSA) is 41.6 Å². The summed E-state index contributed by atoms with van der Waals surface area (Å²) in [7, 11) is 0. The second kappa shape index (κ2) is 5.78. The Morgan fingerprint density at radius 1 is 1.38 bits per heavy atom. The minimum Gasteiger partial charge on any atom is -0.363 e. The Bertz CT molecular complexity index is 508. The molecule has 0 saturated carbocycles. The van der Waals surface area contributed by atoms with Crippen LogP contribution < -0.4 is 5.32 Å². The number of amides is 1. The van der Waals surface area contributed by atoms with Gasteiger partial charge in [0.25, 0.3) is 0 Å². The second-order valence-electron chi connectivity index (χ2n) is 6.53. The standard InChI is InChI=1S/C17H24N2O2/c1-13-3-5-14(6-4-13)10-19-12-17(2,21-11-16(19)20)15-7-8-18-9-15/h3-6,15,18H,7-12H2,1-2H3. The molecular formula is C17H24N2O2. The third-order valence-electron chi connectivity index (χ3n) is 4.80. The van der Waals surface area contributed by atoms with Crippen LogP contribution in [0.15, 0.2) is 24.3 Å². The number of hydrogen-bond donors (Lipinski definition) is 1. The van der Waals surface area contributed by atoms with Crippen LogP contribution >= 0.6 is 0 Å². The van der Waals surface area contributed by atoms with Gasteiger partial charge in [-0.25, -0.2) is 0 Å². The van der Waals surface area contributed by atoms with Gasteiger partial charge in [0.1, 0.15) is 6.61 Å². The van der Waals surface area contributed by atoms with E-state index >= 15 is 0 Å². The normalized spacial score (nSPS) is 29.9. The van der Waals surface area contributed by atoms with Crippen molar-refractivity contribution in [3.05, 3.63) is 35.4 Å². The van der Waals surface area contributed by atoms with E-state index < -0.39 is 0 Å². The molecule has 1 aromatic rings. The van der Waals surface area contributed by atoms with E-state index in [2.05, 4.69) is 43.4 Å². The Hall–Kier alpha value is -1.39. The minimum absolute atomic E-state index is 0.0963. The highest BCUT2D eigenvalue weighted by molar-refractivity contribution is 5.78. The molecule has 1 aromatic carbocycles. The number of rotatable bonds is 3. The molecule has 0 aromatic heterocycles. The van der Waals surface area contributed by atoms with Crippen molar-refractivity contribution in [2.45, 2.75) is 32.4 Å². The summed E-state index contributed by atoms with van der Waals surface area (Å²) in [4.78, 5) is 14.1. The Kier molecular flexibility index (Phi) is 4.00. The zero-order valence-electron chi connectivity index (χ0n) is 12.9. The van der Waals surface area contributed by atoms with Crippen LogP contribution in [0.4, 0.5) is 0 Å². The fourth-order valence-corrected chi connectivity index (χ4v) is 3.31. The van der Waals surface area contributed by atoms with Gasteiger partial charge in [-0.15, -0.1) is 0 Å². The third kappa shape index (κ3) is 3.11. The lowest BCUT2D eigenvalue weighted by atomic mass is 9.86. The van der Waals surface area contributed by atoms with Gasteiger partial charge in [-0.3, -0.25) is 4.79 Å². The molecule has 2 aliphatic rings. The molecule has 1 amide bonds. The van der Waals surface area contributed by atoms with Crippen LogP contribution in [0.5, 0.6) is 0 Å². The highest BCUT2D eigenvalue weighted by atomic mass is 16.5. The average Bonchev–Trinajstić information content (AvgIpc) is 3.01. The SMILES string of the molecule is Cc1ccc(CN2CC(C)(C3CCNC3)OCC2=O)cc1. The van der Waals surface area contributed by atoms with Gasteiger partial charge in [0, 0.05) is 19.0 Å². The van der Waals surface area contributed by atoms with E-state index in [1.54, 1.807) is 0 Å². The molecule has 0 spiro atoms. The predicted molar refractivity (Wildman–Crippen MR) is 81.9 cm³/mol. The molecule has 21 heavy (non-hydrogen) atoms. The van der Waals surface area contributed by atoms with Crippen molar-refractivity contribution < 1.29 is 9.53 Å². The lowest BCUT2D eigenvalue weighted by Gasteiger charge is -2.43. The molecule has 0 bridgehead atoms. The molecule has 2 unspecified atom stereocenters. The fraction of sp³-hybridized carbons (Fsp3) is 0.588. The molecule has 3 rings (SSSR count). The first-order chi connectivity index (χ1) is 10.1. The maximum absolute atomic E-state index is 12.2. The van der Waals surface area contributed by atoms with Crippen LogP contribution in [0.25, 0.3) is 0 Å². The van der Waals surface area contributed by atoms with Gasteiger partial charge in [-0.05, 0) is 32.4 Å². The van der Waals surface area contributed by atoms with Gasteiger partial charge < -0.3 is 15.0 Å². The molecule has 2 atom stereocenters. The molecule has 2 heterocycles. The number of carbonyl (C=O) groups is 1. The third-order valence-corrected chi connectivity index (χ3v) is 4.80. The second-order valence-corrected chi connectivity index (χ2v) is 6.53. The number of morpholine rings is 1. The Morgan fingerprint density at radius 2 is 2.14 bits per heavy atom. The molecule has 114 valence electrons. The summed E-state index contributed by atoms with van der Waals surface area (Å²) in [6.07, 6.45) is 1.13. The average molecular weight is 288 g/mol. The molecule has 4 heteroatoms. The maximum atomic E-state index is 12.2. The van der Waals surface area contributed by atoms with E-state index in [0.29, 0.717) is 19.0 Å². The van der Waals surface area contributed by atoms with E-state index in [1.165, 1.54) is 11.1 Å². The monoisotopic (exact) mass is 288 g/mol. The van der Waals surface area contributed by atoms with Gasteiger partial charge in [-0.2, -0.15) is 0 Å². The summed E-state index contributed by atoms with van der Waals surface area (Å²) in [5.41, 5.74) is 2.21. The van der Waals surface area contributed by atoms with Crippen molar-refractivity contribution in [2.24, 2.45) is 5.92 Å². The van der Waals surface area contributed by atoms with Gasteiger partial charge in [0.2, 0.25) is 5.91 Å². The molecule has 2 saturated heterocycles. The summed E-state index contributed by atoms with van der Waals surface area (Å²) in [5, 5.41) is 3.39. The largest absolute Gasteiger partial charge is 0.363 e. The smallest absolute Gasteiger partial charge is 0.248 e. The minimum atomic E-state index is -0.220. The Morgan fingerprint density at radius 3 is 2.81 bits per heavy atom. The first-order valence-electron chi connectivity index (χ1n) is 7.75. The van der Waals surface area contributed by atoms with Crippen molar-refractivity contribution >= 4 is 5.91 Å². The van der Waals surface area contributed by atoms with Crippen molar-refractivity contribution in [1.82, 2.24) is 10.2 Å². The molecule has 0 aliphatic carbocycles. The fourth-order valence-electron chi connectivity index (χ4n) is 3.31. The van der Waals surface area contributed by atoms with E-state index in [9.17, 15) is 4.79 Å². The van der Waals surface area contributed by atoms with E-state index in [0.717, 1.165) is 19.5 Å². The van der Waals surface area contributed by atoms with E-state index in [4.69, 9.17) is 4.74 Å². The number of nitrogens with one attached hydrogen (secondary N) is 1. The molecule has 2 aliphatic heterocycles. The predicted octanol–water partition coefficient (Wildman–Crippen LogP) is 1.72. The van der Waals surface area contributed by atoms with Crippen molar-refractivity contribution in [1.29, 1.82) is 0 Å². The van der Waals surface area contributed by atoms with Gasteiger partial charge in [0.15, 0.2) is 0 Å². The van der Waals surface area contributed by atoms with Gasteiger partial charge >= 0.3 is 0 Å². The van der Waals surface area contributed by atoms with Crippen LogP contribution in [0.3, 0.4) is 0 Å². The summed E-state index contributed by atoms with van der Waals surface area (Å²) >= 11 is 0. The Balaban J connectivity index is 1.71. The molecule has 4 nitrogen and oxygen atoms in total. The van der Waals surface area contributed by atoms with Gasteiger partial charge in [0.05, 0.1) is 12.1 Å². The summed E-state index contributed by atoms with van der Waals surface area (Å²) in [6, 6.07) is 8.40. The molecule has 2 fully saturated rings. The van der Waals surface area contributed by atoms with Crippen LogP contribution in [-0.2, 0) is 16.1 Å². The molecular weight excluding hydrogens is 264 g/mol. The maximum Gasteiger partial charge on any atom is 0.248 e. The zero-order valence-corrected chi connectivity index (χ0v) is 12.9. The summed E-state index contributed by atoms with van der Waals surface area (Å²) in [6.45, 7) is 7.84. The van der Waals surface area contributed by atoms with Crippen LogP contribution in [0.2, 0.25) is 0 Å². The lowest BCUT2D eigenvalue weighted by molar-refractivity contribution is -0.169. The highest BCUT2D eigenvalue weighted by Crippen LogP contribution is 2.31. The van der Waals surface area contributed by atoms with Crippen molar-refractivity contribution in [3.8, 4) is 0 Å². The number of carbonyl (C=O) groups excluding carboxylic acids is 1. The van der Waals surface area contributed by atoms with E-state index in [-0.39, 0.29) is 18.1 Å². The van der Waals surface area contributed by atoms with Crippen LogP contribution in [-0.4, -0.2) is 42.6 Å². The number of ether oxygens (including phenoxy) is 1. The quantitative estimate of drug-likeness (QED) is 0.921. The number of nitrogens with zero attached hydrogens (tertiary/aromatic N) is 1. The van der Waals surface area contributed by atoms with Crippen molar-refractivity contribution in [3.63, 3.8) is 0 Å². The molecule has 1 N–H and O–H groups in total. The number of hydrogen-bond acceptors (Lipinski definition) is 3. The highest BCUT2D eigenvalue weighted by Gasteiger charge is 2.43. The van der Waals surface area contributed by atoms with Crippen LogP contribution in [0.1, 0.15) is 24.5 Å². The summed E-state index contributed by atoms with van der Waals surface area (Å²) in [5.74, 6) is 0.588. The summed E-state index contributed by atoms with van der Waals surface area (Å²) < 4.78 is 5.92. The molecule has 0 radical (unpaired) electrons. The zero-order chi connectivity index (χ0) is 14.9.